The van der Waals surface area contributed by atoms with Crippen LogP contribution in [0.5, 0.6) is 0 Å². The van der Waals surface area contributed by atoms with Gasteiger partial charge in [-0.15, -0.1) is 0 Å². The van der Waals surface area contributed by atoms with E-state index in [2.05, 4.69) is 10.1 Å². The molecule has 104 valence electrons. The average Bonchev–Trinajstić information content (AvgIpc) is 2.39. The molecular formula is C12H16N2O4S. The van der Waals surface area contributed by atoms with Crippen LogP contribution in [0.4, 0.5) is 16.2 Å². The summed E-state index contributed by atoms with van der Waals surface area (Å²) < 4.78 is 29.7. The van der Waals surface area contributed by atoms with Gasteiger partial charge in [-0.25, -0.2) is 13.2 Å². The minimum Gasteiger partial charge on any atom is -0.453 e. The number of hydrogen-bond acceptors (Lipinski definition) is 4. The summed E-state index contributed by atoms with van der Waals surface area (Å²) >= 11 is 0. The highest BCUT2D eigenvalue weighted by atomic mass is 32.2. The van der Waals surface area contributed by atoms with Crippen molar-refractivity contribution in [1.82, 2.24) is 0 Å². The van der Waals surface area contributed by atoms with E-state index in [1.54, 1.807) is 24.3 Å². The Bertz CT molecular complexity index is 554. The molecule has 19 heavy (non-hydrogen) atoms. The van der Waals surface area contributed by atoms with E-state index in [9.17, 15) is 13.2 Å². The molecule has 0 atom stereocenters. The van der Waals surface area contributed by atoms with Crippen molar-refractivity contribution in [2.24, 2.45) is 0 Å². The lowest BCUT2D eigenvalue weighted by atomic mass is 10.2. The van der Waals surface area contributed by atoms with Crippen molar-refractivity contribution in [3.63, 3.8) is 0 Å². The predicted molar refractivity (Wildman–Crippen MR) is 72.8 cm³/mol. The SMILES string of the molecule is COC(=O)Nc1ccc(N2CCCCS2(=O)=O)cc1. The van der Waals surface area contributed by atoms with Crippen molar-refractivity contribution < 1.29 is 17.9 Å². The van der Waals surface area contributed by atoms with Crippen molar-refractivity contribution >= 4 is 27.5 Å². The van der Waals surface area contributed by atoms with Crippen LogP contribution in [-0.4, -0.2) is 33.9 Å². The van der Waals surface area contributed by atoms with Crippen molar-refractivity contribution in [2.75, 3.05) is 29.0 Å². The first-order chi connectivity index (χ1) is 9.03. The Kier molecular flexibility index (Phi) is 3.94. The van der Waals surface area contributed by atoms with E-state index in [1.807, 2.05) is 0 Å². The van der Waals surface area contributed by atoms with E-state index >= 15 is 0 Å². The van der Waals surface area contributed by atoms with Crippen LogP contribution in [0.2, 0.25) is 0 Å². The number of anilines is 2. The summed E-state index contributed by atoms with van der Waals surface area (Å²) in [6, 6.07) is 6.65. The Hall–Kier alpha value is -1.76. The summed E-state index contributed by atoms with van der Waals surface area (Å²) in [6.45, 7) is 0.506. The molecule has 0 radical (unpaired) electrons. The second-order valence-corrected chi connectivity index (χ2v) is 6.27. The monoisotopic (exact) mass is 284 g/mol. The van der Waals surface area contributed by atoms with Crippen LogP contribution in [0.15, 0.2) is 24.3 Å². The second kappa shape index (κ2) is 5.48. The summed E-state index contributed by atoms with van der Waals surface area (Å²) in [7, 11) is -1.91. The zero-order valence-electron chi connectivity index (χ0n) is 10.6. The molecular weight excluding hydrogens is 268 g/mol. The first-order valence-electron chi connectivity index (χ1n) is 5.98. The quantitative estimate of drug-likeness (QED) is 0.898. The normalized spacial score (nSPS) is 17.8. The van der Waals surface area contributed by atoms with Crippen LogP contribution in [0.25, 0.3) is 0 Å². The molecule has 1 fully saturated rings. The van der Waals surface area contributed by atoms with Crippen LogP contribution in [0, 0.1) is 0 Å². The van der Waals surface area contributed by atoms with Crippen molar-refractivity contribution in [3.8, 4) is 0 Å². The fourth-order valence-electron chi connectivity index (χ4n) is 1.96. The van der Waals surface area contributed by atoms with Crippen molar-refractivity contribution in [1.29, 1.82) is 0 Å². The summed E-state index contributed by atoms with van der Waals surface area (Å²) in [4.78, 5) is 11.0. The maximum absolute atomic E-state index is 11.9. The average molecular weight is 284 g/mol. The molecule has 0 aromatic heterocycles. The van der Waals surface area contributed by atoms with Crippen LogP contribution in [0.3, 0.4) is 0 Å². The predicted octanol–water partition coefficient (Wildman–Crippen LogP) is 1.79. The van der Waals surface area contributed by atoms with Gasteiger partial charge in [0.25, 0.3) is 0 Å². The summed E-state index contributed by atoms with van der Waals surface area (Å²) in [5.74, 6) is 0.190. The molecule has 1 aromatic rings. The van der Waals surface area contributed by atoms with Gasteiger partial charge < -0.3 is 4.74 Å². The van der Waals surface area contributed by atoms with E-state index < -0.39 is 16.1 Å². The number of benzene rings is 1. The third-order valence-corrected chi connectivity index (χ3v) is 4.81. The van der Waals surface area contributed by atoms with Crippen molar-refractivity contribution in [2.45, 2.75) is 12.8 Å². The lowest BCUT2D eigenvalue weighted by Crippen LogP contribution is -2.37. The van der Waals surface area contributed by atoms with E-state index in [-0.39, 0.29) is 5.75 Å². The smallest absolute Gasteiger partial charge is 0.411 e. The molecule has 1 aliphatic rings. The Morgan fingerprint density at radius 2 is 1.95 bits per heavy atom. The topological polar surface area (TPSA) is 75.7 Å². The van der Waals surface area contributed by atoms with Gasteiger partial charge >= 0.3 is 6.09 Å². The van der Waals surface area contributed by atoms with Gasteiger partial charge in [-0.1, -0.05) is 0 Å². The number of rotatable bonds is 2. The lowest BCUT2D eigenvalue weighted by molar-refractivity contribution is 0.187. The van der Waals surface area contributed by atoms with Crippen LogP contribution >= 0.6 is 0 Å². The highest BCUT2D eigenvalue weighted by molar-refractivity contribution is 7.92. The Morgan fingerprint density at radius 3 is 2.53 bits per heavy atom. The maximum atomic E-state index is 11.9. The van der Waals surface area contributed by atoms with Crippen LogP contribution < -0.4 is 9.62 Å². The Balaban J connectivity index is 2.16. The molecule has 1 amide bonds. The molecule has 1 aromatic carbocycles. The van der Waals surface area contributed by atoms with Crippen LogP contribution in [-0.2, 0) is 14.8 Å². The Labute approximate surface area is 112 Å². The number of methoxy groups -OCH3 is 1. The molecule has 0 spiro atoms. The van der Waals surface area contributed by atoms with Gasteiger partial charge in [-0.3, -0.25) is 9.62 Å². The highest BCUT2D eigenvalue weighted by Crippen LogP contribution is 2.24. The third kappa shape index (κ3) is 3.17. The Morgan fingerprint density at radius 1 is 1.26 bits per heavy atom. The summed E-state index contributed by atoms with van der Waals surface area (Å²) in [6.07, 6.45) is 1.01. The van der Waals surface area contributed by atoms with Gasteiger partial charge in [0.2, 0.25) is 10.0 Å². The number of carbonyl (C=O) groups is 1. The molecule has 6 nitrogen and oxygen atoms in total. The lowest BCUT2D eigenvalue weighted by Gasteiger charge is -2.28. The number of sulfonamides is 1. The fourth-order valence-corrected chi connectivity index (χ4v) is 3.60. The molecule has 1 aliphatic heterocycles. The van der Waals surface area contributed by atoms with E-state index in [0.717, 1.165) is 6.42 Å². The molecule has 2 rings (SSSR count). The molecule has 0 saturated carbocycles. The standard InChI is InChI=1S/C12H16N2O4S/c1-18-12(15)13-10-4-6-11(7-5-10)14-8-2-3-9-19(14,16)17/h4-7H,2-3,8-9H2,1H3,(H,13,15). The summed E-state index contributed by atoms with van der Waals surface area (Å²) in [5.41, 5.74) is 1.18. The van der Waals surface area contributed by atoms with Gasteiger partial charge in [-0.2, -0.15) is 0 Å². The number of nitrogens with zero attached hydrogens (tertiary/aromatic N) is 1. The highest BCUT2D eigenvalue weighted by Gasteiger charge is 2.25. The van der Waals surface area contributed by atoms with E-state index in [1.165, 1.54) is 11.4 Å². The molecule has 1 N–H and O–H groups in total. The first-order valence-corrected chi connectivity index (χ1v) is 7.59. The second-order valence-electron chi connectivity index (χ2n) is 4.26. The molecule has 0 unspecified atom stereocenters. The zero-order chi connectivity index (χ0) is 13.9. The summed E-state index contributed by atoms with van der Waals surface area (Å²) in [5, 5.41) is 2.51. The largest absolute Gasteiger partial charge is 0.453 e. The minimum absolute atomic E-state index is 0.190. The van der Waals surface area contributed by atoms with Gasteiger partial charge in [-0.05, 0) is 37.1 Å². The minimum atomic E-state index is -3.20. The van der Waals surface area contributed by atoms with Gasteiger partial charge in [0.15, 0.2) is 0 Å². The van der Waals surface area contributed by atoms with E-state index in [0.29, 0.717) is 24.3 Å². The van der Waals surface area contributed by atoms with Gasteiger partial charge in [0.05, 0.1) is 18.6 Å². The van der Waals surface area contributed by atoms with E-state index in [4.69, 9.17) is 0 Å². The fraction of sp³-hybridized carbons (Fsp3) is 0.417. The number of nitrogens with one attached hydrogen (secondary N) is 1. The number of carbonyl (C=O) groups excluding carboxylic acids is 1. The van der Waals surface area contributed by atoms with Gasteiger partial charge in [0, 0.05) is 12.2 Å². The number of ether oxygens (including phenoxy) is 1. The molecule has 1 saturated heterocycles. The molecule has 0 aliphatic carbocycles. The zero-order valence-corrected chi connectivity index (χ0v) is 11.4. The molecule has 0 bridgehead atoms. The molecule has 1 heterocycles. The first kappa shape index (κ1) is 13.7. The van der Waals surface area contributed by atoms with Gasteiger partial charge in [0.1, 0.15) is 0 Å². The van der Waals surface area contributed by atoms with Crippen LogP contribution in [0.1, 0.15) is 12.8 Å². The molecule has 7 heteroatoms. The number of hydrogen-bond donors (Lipinski definition) is 1. The maximum Gasteiger partial charge on any atom is 0.411 e. The third-order valence-electron chi connectivity index (χ3n) is 2.94. The number of amides is 1. The van der Waals surface area contributed by atoms with Crippen molar-refractivity contribution in [3.05, 3.63) is 24.3 Å².